The highest BCUT2D eigenvalue weighted by atomic mass is 16.5. The zero-order valence-electron chi connectivity index (χ0n) is 14.2. The Hall–Kier alpha value is -1.61. The minimum atomic E-state index is -0.0176. The molecule has 4 heterocycles. The van der Waals surface area contributed by atoms with Crippen molar-refractivity contribution in [1.82, 2.24) is 4.90 Å². The maximum Gasteiger partial charge on any atom is 0.310 e. The highest BCUT2D eigenvalue weighted by Gasteiger charge is 2.55. The Kier molecular flexibility index (Phi) is 3.56. The molecule has 23 heavy (non-hydrogen) atoms. The number of nitrogens with zero attached hydrogens (tertiary/aromatic N) is 1. The highest BCUT2D eigenvalue weighted by Crippen LogP contribution is 2.50. The third-order valence-electron chi connectivity index (χ3n) is 6.26. The molecule has 3 nitrogen and oxygen atoms in total. The molecule has 0 radical (unpaired) electrons. The Bertz CT molecular complexity index is 678. The average Bonchev–Trinajstić information content (AvgIpc) is 2.85. The van der Waals surface area contributed by atoms with Gasteiger partial charge in [-0.25, -0.2) is 0 Å². The molecule has 4 fully saturated rings. The van der Waals surface area contributed by atoms with Crippen molar-refractivity contribution < 1.29 is 9.53 Å². The van der Waals surface area contributed by atoms with Gasteiger partial charge in [-0.2, -0.15) is 0 Å². The third-order valence-corrected chi connectivity index (χ3v) is 6.26. The minimum Gasteiger partial charge on any atom is -0.469 e. The van der Waals surface area contributed by atoms with Crippen molar-refractivity contribution >= 4 is 12.0 Å². The fraction of sp³-hybridized carbons (Fsp3) is 0.550. The molecule has 5 atom stereocenters. The smallest absolute Gasteiger partial charge is 0.310 e. The summed E-state index contributed by atoms with van der Waals surface area (Å²) in [5, 5.41) is 0. The van der Waals surface area contributed by atoms with Crippen LogP contribution in [0, 0.1) is 25.7 Å². The molecule has 1 unspecified atom stereocenters. The van der Waals surface area contributed by atoms with Crippen LogP contribution in [-0.2, 0) is 9.53 Å². The fourth-order valence-electron chi connectivity index (χ4n) is 4.95. The summed E-state index contributed by atoms with van der Waals surface area (Å²) in [5.41, 5.74) is 5.32. The molecule has 0 aromatic heterocycles. The van der Waals surface area contributed by atoms with Crippen molar-refractivity contribution in [3.63, 3.8) is 0 Å². The lowest BCUT2D eigenvalue weighted by Crippen LogP contribution is -2.58. The highest BCUT2D eigenvalue weighted by molar-refractivity contribution is 5.76. The van der Waals surface area contributed by atoms with Crippen LogP contribution in [-0.4, -0.2) is 36.6 Å². The van der Waals surface area contributed by atoms with Crippen LogP contribution in [0.2, 0.25) is 0 Å². The van der Waals surface area contributed by atoms with Crippen LogP contribution in [0.1, 0.15) is 36.0 Å². The van der Waals surface area contributed by atoms with Crippen LogP contribution in [0.5, 0.6) is 0 Å². The monoisotopic (exact) mass is 311 g/mol. The van der Waals surface area contributed by atoms with Gasteiger partial charge in [0, 0.05) is 18.6 Å². The molecule has 5 rings (SSSR count). The number of ether oxygens (including phenoxy) is 1. The van der Waals surface area contributed by atoms with Gasteiger partial charge in [0.1, 0.15) is 0 Å². The van der Waals surface area contributed by atoms with E-state index in [0.29, 0.717) is 18.0 Å². The normalized spacial score (nSPS) is 36.5. The molecule has 1 aromatic carbocycles. The first-order valence-electron chi connectivity index (χ1n) is 8.70. The van der Waals surface area contributed by atoms with E-state index < -0.39 is 0 Å². The van der Waals surface area contributed by atoms with Crippen LogP contribution in [0.3, 0.4) is 0 Å². The number of esters is 1. The summed E-state index contributed by atoms with van der Waals surface area (Å²) in [6.07, 6.45) is 5.83. The number of carbonyl (C=O) groups is 1. The topological polar surface area (TPSA) is 29.5 Å². The molecular weight excluding hydrogens is 286 g/mol. The van der Waals surface area contributed by atoms with Gasteiger partial charge in [0.2, 0.25) is 0 Å². The summed E-state index contributed by atoms with van der Waals surface area (Å²) in [5.74, 6) is 0.382. The van der Waals surface area contributed by atoms with Crippen LogP contribution >= 0.6 is 0 Å². The van der Waals surface area contributed by atoms with Gasteiger partial charge in [-0.15, -0.1) is 0 Å². The Balaban J connectivity index is 1.69. The lowest BCUT2D eigenvalue weighted by molar-refractivity contribution is -0.153. The Morgan fingerprint density at radius 3 is 2.83 bits per heavy atom. The van der Waals surface area contributed by atoms with E-state index in [1.165, 1.54) is 35.8 Å². The number of piperidine rings is 3. The molecule has 0 N–H and O–H groups in total. The van der Waals surface area contributed by atoms with Gasteiger partial charge >= 0.3 is 5.97 Å². The van der Waals surface area contributed by atoms with Gasteiger partial charge in [0.15, 0.2) is 0 Å². The second-order valence-corrected chi connectivity index (χ2v) is 7.42. The van der Waals surface area contributed by atoms with Gasteiger partial charge in [-0.05, 0) is 55.7 Å². The summed E-state index contributed by atoms with van der Waals surface area (Å²) >= 11 is 0. The Labute approximate surface area is 138 Å². The molecule has 4 aliphatic rings. The van der Waals surface area contributed by atoms with E-state index in [2.05, 4.69) is 43.0 Å². The van der Waals surface area contributed by atoms with Gasteiger partial charge in [-0.3, -0.25) is 9.69 Å². The van der Waals surface area contributed by atoms with Crippen molar-refractivity contribution in [2.24, 2.45) is 11.8 Å². The standard InChI is InChI=1S/C20H25NO2/c1-12-4-5-14(8-13(12)2)9-15-11-21-16-6-7-18(21)19(17(15)10-16)20(22)23-3/h4-5,8-9,16-19H,6-7,10-11H2,1-3H3/t16-,17+,18+,19-/m0/s1. The van der Waals surface area contributed by atoms with E-state index in [1.54, 1.807) is 0 Å². The largest absolute Gasteiger partial charge is 0.469 e. The van der Waals surface area contributed by atoms with Crippen molar-refractivity contribution in [3.8, 4) is 0 Å². The number of aryl methyl sites for hydroxylation is 2. The summed E-state index contributed by atoms with van der Waals surface area (Å²) in [7, 11) is 1.53. The lowest BCUT2D eigenvalue weighted by atomic mass is 9.71. The third kappa shape index (κ3) is 2.33. The van der Waals surface area contributed by atoms with Crippen LogP contribution in [0.4, 0.5) is 0 Å². The molecule has 122 valence electrons. The molecule has 0 spiro atoms. The summed E-state index contributed by atoms with van der Waals surface area (Å²) < 4.78 is 5.13. The molecule has 0 amide bonds. The Morgan fingerprint density at radius 1 is 1.26 bits per heavy atom. The Morgan fingerprint density at radius 2 is 2.09 bits per heavy atom. The van der Waals surface area contributed by atoms with E-state index in [4.69, 9.17) is 4.74 Å². The molecule has 0 saturated carbocycles. The van der Waals surface area contributed by atoms with Crippen molar-refractivity contribution in [3.05, 3.63) is 40.5 Å². The molecule has 3 heteroatoms. The number of fused-ring (bicyclic) bond motifs is 1. The SMILES string of the molecule is COC(=O)[C@H]1[C@@H]2C[C@@H]3CC[C@H]1N3CC2=Cc1ccc(C)c(C)c1. The second kappa shape index (κ2) is 5.48. The van der Waals surface area contributed by atoms with E-state index in [1.807, 2.05) is 0 Å². The van der Waals surface area contributed by atoms with E-state index >= 15 is 0 Å². The number of hydrogen-bond donors (Lipinski definition) is 0. The van der Waals surface area contributed by atoms with Gasteiger partial charge < -0.3 is 4.74 Å². The quantitative estimate of drug-likeness (QED) is 0.785. The number of rotatable bonds is 2. The van der Waals surface area contributed by atoms with Gasteiger partial charge in [-0.1, -0.05) is 29.8 Å². The molecule has 0 aliphatic carbocycles. The number of methoxy groups -OCH3 is 1. The lowest BCUT2D eigenvalue weighted by Gasteiger charge is -2.50. The van der Waals surface area contributed by atoms with Crippen molar-refractivity contribution in [2.45, 2.75) is 45.2 Å². The first kappa shape index (κ1) is 14.9. The maximum atomic E-state index is 12.4. The predicted octanol–water partition coefficient (Wildman–Crippen LogP) is 3.34. The fourth-order valence-corrected chi connectivity index (χ4v) is 4.95. The van der Waals surface area contributed by atoms with Crippen molar-refractivity contribution in [1.29, 1.82) is 0 Å². The molecule has 4 bridgehead atoms. The number of benzene rings is 1. The van der Waals surface area contributed by atoms with Crippen molar-refractivity contribution in [2.75, 3.05) is 13.7 Å². The van der Waals surface area contributed by atoms with E-state index in [-0.39, 0.29) is 11.9 Å². The average molecular weight is 311 g/mol. The van der Waals surface area contributed by atoms with Crippen LogP contribution < -0.4 is 0 Å². The van der Waals surface area contributed by atoms with Crippen LogP contribution in [0.25, 0.3) is 6.08 Å². The molecular formula is C20H25NO2. The second-order valence-electron chi connectivity index (χ2n) is 7.42. The predicted molar refractivity (Wildman–Crippen MR) is 91.0 cm³/mol. The summed E-state index contributed by atoms with van der Waals surface area (Å²) in [6.45, 7) is 5.33. The first-order chi connectivity index (χ1) is 11.1. The molecule has 4 saturated heterocycles. The van der Waals surface area contributed by atoms with Gasteiger partial charge in [0.25, 0.3) is 0 Å². The number of carbonyl (C=O) groups excluding carboxylic acids is 1. The summed E-state index contributed by atoms with van der Waals surface area (Å²) in [4.78, 5) is 14.9. The minimum absolute atomic E-state index is 0.0176. The maximum absolute atomic E-state index is 12.4. The zero-order chi connectivity index (χ0) is 16.1. The van der Waals surface area contributed by atoms with Crippen LogP contribution in [0.15, 0.2) is 23.8 Å². The van der Waals surface area contributed by atoms with E-state index in [9.17, 15) is 4.79 Å². The number of hydrogen-bond acceptors (Lipinski definition) is 3. The molecule has 4 aliphatic heterocycles. The summed E-state index contributed by atoms with van der Waals surface area (Å²) in [6, 6.07) is 7.71. The first-order valence-corrected chi connectivity index (χ1v) is 8.70. The zero-order valence-corrected chi connectivity index (χ0v) is 14.2. The molecule has 1 aromatic rings. The van der Waals surface area contributed by atoms with E-state index in [0.717, 1.165) is 19.4 Å². The van der Waals surface area contributed by atoms with Gasteiger partial charge in [0.05, 0.1) is 13.0 Å².